The first-order chi connectivity index (χ1) is 9.27. The van der Waals surface area contributed by atoms with Crippen molar-refractivity contribution in [3.8, 4) is 5.75 Å². The van der Waals surface area contributed by atoms with Crippen LogP contribution in [0, 0.1) is 0 Å². The van der Waals surface area contributed by atoms with Gasteiger partial charge in [-0.25, -0.2) is 4.98 Å². The van der Waals surface area contributed by atoms with Crippen molar-refractivity contribution in [3.05, 3.63) is 54.2 Å². The van der Waals surface area contributed by atoms with Crippen LogP contribution in [0.25, 0.3) is 0 Å². The standard InChI is InChI=1S/C15H14N2O2/c1-11(12-6-3-2-4-7-12)17-14(18)10-19-13-8-5-9-16-15(13)17/h2-9,11H,10H2,1H3. The van der Waals surface area contributed by atoms with Crippen molar-refractivity contribution in [2.45, 2.75) is 13.0 Å². The molecule has 2 heterocycles. The third kappa shape index (κ3) is 2.05. The van der Waals surface area contributed by atoms with E-state index in [2.05, 4.69) is 4.98 Å². The molecule has 96 valence electrons. The number of carbonyl (C=O) groups excluding carboxylic acids is 1. The molecule has 0 fully saturated rings. The SMILES string of the molecule is CC(c1ccccc1)N1C(=O)COc2cccnc21. The molecule has 0 spiro atoms. The number of ether oxygens (including phenoxy) is 1. The van der Waals surface area contributed by atoms with Crippen molar-refractivity contribution in [2.75, 3.05) is 11.5 Å². The molecule has 0 saturated heterocycles. The smallest absolute Gasteiger partial charge is 0.266 e. The van der Waals surface area contributed by atoms with Crippen molar-refractivity contribution in [1.82, 2.24) is 4.98 Å². The number of fused-ring (bicyclic) bond motifs is 1. The summed E-state index contributed by atoms with van der Waals surface area (Å²) in [6.07, 6.45) is 1.67. The Hall–Kier alpha value is -2.36. The quantitative estimate of drug-likeness (QED) is 0.827. The van der Waals surface area contributed by atoms with Crippen LogP contribution in [0.4, 0.5) is 5.82 Å². The summed E-state index contributed by atoms with van der Waals surface area (Å²) in [5, 5.41) is 0. The zero-order valence-electron chi connectivity index (χ0n) is 10.6. The summed E-state index contributed by atoms with van der Waals surface area (Å²) in [6.45, 7) is 2.06. The Morgan fingerprint density at radius 2 is 2.00 bits per heavy atom. The first-order valence-corrected chi connectivity index (χ1v) is 6.22. The van der Waals surface area contributed by atoms with E-state index in [-0.39, 0.29) is 18.6 Å². The number of carbonyl (C=O) groups is 1. The third-order valence-corrected chi connectivity index (χ3v) is 3.27. The molecule has 3 rings (SSSR count). The molecule has 0 aliphatic carbocycles. The van der Waals surface area contributed by atoms with Crippen LogP contribution in [0.5, 0.6) is 5.75 Å². The molecule has 4 heteroatoms. The van der Waals surface area contributed by atoms with Crippen molar-refractivity contribution < 1.29 is 9.53 Å². The van der Waals surface area contributed by atoms with E-state index in [1.807, 2.05) is 43.3 Å². The molecule has 0 radical (unpaired) electrons. The molecular weight excluding hydrogens is 240 g/mol. The molecular formula is C15H14N2O2. The topological polar surface area (TPSA) is 42.4 Å². The molecule has 1 aliphatic heterocycles. The van der Waals surface area contributed by atoms with Gasteiger partial charge in [-0.15, -0.1) is 0 Å². The highest BCUT2D eigenvalue weighted by Gasteiger charge is 2.31. The zero-order valence-corrected chi connectivity index (χ0v) is 10.6. The Bertz CT molecular complexity index is 598. The van der Waals surface area contributed by atoms with Gasteiger partial charge in [-0.05, 0) is 24.6 Å². The summed E-state index contributed by atoms with van der Waals surface area (Å²) in [6, 6.07) is 13.5. The van der Waals surface area contributed by atoms with Crippen LogP contribution in [0.15, 0.2) is 48.7 Å². The number of hydrogen-bond acceptors (Lipinski definition) is 3. The lowest BCUT2D eigenvalue weighted by Gasteiger charge is -2.33. The first-order valence-electron chi connectivity index (χ1n) is 6.22. The molecule has 1 unspecified atom stereocenters. The van der Waals surface area contributed by atoms with Gasteiger partial charge in [0.25, 0.3) is 5.91 Å². The Morgan fingerprint density at radius 1 is 1.21 bits per heavy atom. The lowest BCUT2D eigenvalue weighted by Crippen LogP contribution is -2.41. The van der Waals surface area contributed by atoms with Crippen molar-refractivity contribution >= 4 is 11.7 Å². The molecule has 1 aliphatic rings. The van der Waals surface area contributed by atoms with Gasteiger partial charge in [0, 0.05) is 6.20 Å². The molecule has 1 amide bonds. The van der Waals surface area contributed by atoms with Crippen molar-refractivity contribution in [3.63, 3.8) is 0 Å². The van der Waals surface area contributed by atoms with Crippen LogP contribution < -0.4 is 9.64 Å². The zero-order chi connectivity index (χ0) is 13.2. The first kappa shape index (κ1) is 11.7. The van der Waals surface area contributed by atoms with E-state index < -0.39 is 0 Å². The van der Waals surface area contributed by atoms with E-state index in [9.17, 15) is 4.79 Å². The maximum absolute atomic E-state index is 12.1. The van der Waals surface area contributed by atoms with Gasteiger partial charge >= 0.3 is 0 Å². The van der Waals surface area contributed by atoms with E-state index in [1.54, 1.807) is 17.2 Å². The average molecular weight is 254 g/mol. The molecule has 19 heavy (non-hydrogen) atoms. The summed E-state index contributed by atoms with van der Waals surface area (Å²) in [7, 11) is 0. The van der Waals surface area contributed by atoms with Crippen LogP contribution in [-0.4, -0.2) is 17.5 Å². The Balaban J connectivity index is 2.02. The molecule has 2 aromatic rings. The highest BCUT2D eigenvalue weighted by atomic mass is 16.5. The van der Waals surface area contributed by atoms with E-state index in [0.717, 1.165) is 5.56 Å². The van der Waals surface area contributed by atoms with E-state index in [4.69, 9.17) is 4.74 Å². The molecule has 0 N–H and O–H groups in total. The largest absolute Gasteiger partial charge is 0.480 e. The number of pyridine rings is 1. The van der Waals surface area contributed by atoms with Gasteiger partial charge in [-0.3, -0.25) is 9.69 Å². The molecule has 0 bridgehead atoms. The van der Waals surface area contributed by atoms with Gasteiger partial charge in [0.2, 0.25) is 0 Å². The summed E-state index contributed by atoms with van der Waals surface area (Å²) in [4.78, 5) is 18.1. The number of hydrogen-bond donors (Lipinski definition) is 0. The Kier molecular flexibility index (Phi) is 2.91. The van der Waals surface area contributed by atoms with Gasteiger partial charge in [0.05, 0.1) is 6.04 Å². The molecule has 1 atom stereocenters. The van der Waals surface area contributed by atoms with Gasteiger partial charge in [-0.1, -0.05) is 30.3 Å². The second-order valence-corrected chi connectivity index (χ2v) is 4.46. The predicted octanol–water partition coefficient (Wildman–Crippen LogP) is 2.57. The Morgan fingerprint density at radius 3 is 2.79 bits per heavy atom. The number of rotatable bonds is 2. The van der Waals surface area contributed by atoms with E-state index >= 15 is 0 Å². The van der Waals surface area contributed by atoms with Crippen molar-refractivity contribution in [1.29, 1.82) is 0 Å². The summed E-state index contributed by atoms with van der Waals surface area (Å²) in [5.74, 6) is 1.18. The molecule has 4 nitrogen and oxygen atoms in total. The third-order valence-electron chi connectivity index (χ3n) is 3.27. The Labute approximate surface area is 111 Å². The van der Waals surface area contributed by atoms with Crippen LogP contribution in [0.1, 0.15) is 18.5 Å². The van der Waals surface area contributed by atoms with E-state index in [1.165, 1.54) is 0 Å². The summed E-state index contributed by atoms with van der Waals surface area (Å²) in [5.41, 5.74) is 1.08. The molecule has 0 saturated carbocycles. The van der Waals surface area contributed by atoms with Crippen LogP contribution in [0.2, 0.25) is 0 Å². The molecule has 1 aromatic heterocycles. The van der Waals surface area contributed by atoms with Gasteiger partial charge in [0.1, 0.15) is 0 Å². The highest BCUT2D eigenvalue weighted by Crippen LogP contribution is 2.35. The van der Waals surface area contributed by atoms with Crippen molar-refractivity contribution in [2.24, 2.45) is 0 Å². The predicted molar refractivity (Wildman–Crippen MR) is 72.1 cm³/mol. The summed E-state index contributed by atoms with van der Waals surface area (Å²) < 4.78 is 5.40. The number of aromatic nitrogens is 1. The van der Waals surface area contributed by atoms with Crippen LogP contribution in [-0.2, 0) is 4.79 Å². The van der Waals surface area contributed by atoms with Gasteiger partial charge < -0.3 is 4.74 Å². The van der Waals surface area contributed by atoms with Crippen LogP contribution >= 0.6 is 0 Å². The second kappa shape index (κ2) is 4.72. The van der Waals surface area contributed by atoms with Gasteiger partial charge in [-0.2, -0.15) is 0 Å². The van der Waals surface area contributed by atoms with Gasteiger partial charge in [0.15, 0.2) is 18.2 Å². The number of anilines is 1. The minimum Gasteiger partial charge on any atom is -0.480 e. The normalized spacial score (nSPS) is 15.6. The van der Waals surface area contributed by atoms with E-state index in [0.29, 0.717) is 11.6 Å². The fourth-order valence-corrected chi connectivity index (χ4v) is 2.28. The fraction of sp³-hybridized carbons (Fsp3) is 0.200. The number of nitrogens with zero attached hydrogens (tertiary/aromatic N) is 2. The monoisotopic (exact) mass is 254 g/mol. The number of benzene rings is 1. The number of amides is 1. The highest BCUT2D eigenvalue weighted by molar-refractivity contribution is 5.97. The lowest BCUT2D eigenvalue weighted by molar-refractivity contribution is -0.121. The summed E-state index contributed by atoms with van der Waals surface area (Å²) >= 11 is 0. The average Bonchev–Trinajstić information content (AvgIpc) is 2.47. The fourth-order valence-electron chi connectivity index (χ4n) is 2.28. The lowest BCUT2D eigenvalue weighted by atomic mass is 10.1. The maximum Gasteiger partial charge on any atom is 0.266 e. The van der Waals surface area contributed by atoms with Crippen LogP contribution in [0.3, 0.4) is 0 Å². The second-order valence-electron chi connectivity index (χ2n) is 4.46. The maximum atomic E-state index is 12.1. The minimum absolute atomic E-state index is 0.0637. The minimum atomic E-state index is -0.0671. The molecule has 1 aromatic carbocycles.